The van der Waals surface area contributed by atoms with Crippen molar-refractivity contribution in [1.82, 2.24) is 20.5 Å². The van der Waals surface area contributed by atoms with E-state index in [4.69, 9.17) is 0 Å². The minimum absolute atomic E-state index is 0.749. The van der Waals surface area contributed by atoms with E-state index in [0.717, 1.165) is 35.2 Å². The van der Waals surface area contributed by atoms with Gasteiger partial charge in [-0.25, -0.2) is 4.98 Å². The second kappa shape index (κ2) is 7.14. The minimum atomic E-state index is 0.749. The topological polar surface area (TPSA) is 53.6 Å². The van der Waals surface area contributed by atoms with Crippen LogP contribution in [-0.4, -0.2) is 33.5 Å². The van der Waals surface area contributed by atoms with Gasteiger partial charge in [-0.15, -0.1) is 5.10 Å². The number of thioether (sulfide) groups is 1. The van der Waals surface area contributed by atoms with E-state index in [1.54, 1.807) is 11.8 Å². The van der Waals surface area contributed by atoms with E-state index in [2.05, 4.69) is 27.4 Å². The molecule has 1 aliphatic rings. The molecule has 1 aliphatic carbocycles. The van der Waals surface area contributed by atoms with Gasteiger partial charge < -0.3 is 5.32 Å². The summed E-state index contributed by atoms with van der Waals surface area (Å²) in [7, 11) is 0. The molecule has 0 amide bonds. The van der Waals surface area contributed by atoms with Crippen LogP contribution in [0.3, 0.4) is 0 Å². The predicted molar refractivity (Wildman–Crippen MR) is 75.9 cm³/mol. The molecular formula is C13H24N4S. The summed E-state index contributed by atoms with van der Waals surface area (Å²) in [4.78, 5) is 4.32. The first-order chi connectivity index (χ1) is 8.79. The number of aromatic amines is 1. The van der Waals surface area contributed by atoms with E-state index in [9.17, 15) is 0 Å². The largest absolute Gasteiger partial charge is 0.314 e. The van der Waals surface area contributed by atoms with Gasteiger partial charge in [0.25, 0.3) is 0 Å². The molecule has 2 N–H and O–H groups in total. The zero-order valence-electron chi connectivity index (χ0n) is 11.4. The zero-order chi connectivity index (χ0) is 12.8. The third-order valence-corrected chi connectivity index (χ3v) is 4.49. The number of aryl methyl sites for hydroxylation is 1. The standard InChI is InChI=1S/C13H24N4S/c1-3-8-14-12-6-4-5-11(12)7-9-18-13-15-10(2)16-17-13/h11-12,14H,3-9H2,1-2H3,(H,15,16,17). The normalized spacial score (nSPS) is 23.7. The Hall–Kier alpha value is -0.550. The van der Waals surface area contributed by atoms with Crippen molar-refractivity contribution in [2.75, 3.05) is 12.3 Å². The van der Waals surface area contributed by atoms with Crippen LogP contribution in [0.4, 0.5) is 0 Å². The average molecular weight is 268 g/mol. The Kier molecular flexibility index (Phi) is 5.50. The second-order valence-corrected chi connectivity index (χ2v) is 6.15. The number of rotatable bonds is 7. The fourth-order valence-corrected chi connectivity index (χ4v) is 3.58. The summed E-state index contributed by atoms with van der Waals surface area (Å²) >= 11 is 1.77. The molecule has 1 aromatic heterocycles. The average Bonchev–Trinajstić information content (AvgIpc) is 2.96. The molecule has 0 spiro atoms. The fraction of sp³-hybridized carbons (Fsp3) is 0.846. The van der Waals surface area contributed by atoms with Crippen molar-refractivity contribution in [2.45, 2.75) is 57.1 Å². The number of nitrogens with one attached hydrogen (secondary N) is 2. The molecule has 0 saturated heterocycles. The van der Waals surface area contributed by atoms with Crippen LogP contribution in [0.1, 0.15) is 44.9 Å². The lowest BCUT2D eigenvalue weighted by Gasteiger charge is -2.20. The van der Waals surface area contributed by atoms with Gasteiger partial charge in [0.05, 0.1) is 0 Å². The van der Waals surface area contributed by atoms with E-state index < -0.39 is 0 Å². The lowest BCUT2D eigenvalue weighted by Crippen LogP contribution is -2.33. The highest BCUT2D eigenvalue weighted by atomic mass is 32.2. The zero-order valence-corrected chi connectivity index (χ0v) is 12.2. The van der Waals surface area contributed by atoms with Gasteiger partial charge in [0.2, 0.25) is 5.16 Å². The highest BCUT2D eigenvalue weighted by Gasteiger charge is 2.26. The predicted octanol–water partition coefficient (Wildman–Crippen LogP) is 2.76. The van der Waals surface area contributed by atoms with Crippen molar-refractivity contribution >= 4 is 11.8 Å². The first-order valence-corrected chi connectivity index (χ1v) is 8.03. The molecule has 0 radical (unpaired) electrons. The number of aromatic nitrogens is 3. The summed E-state index contributed by atoms with van der Waals surface area (Å²) in [6.07, 6.45) is 6.63. The van der Waals surface area contributed by atoms with E-state index in [1.165, 1.54) is 32.1 Å². The Balaban J connectivity index is 1.69. The molecule has 0 aliphatic heterocycles. The van der Waals surface area contributed by atoms with Crippen LogP contribution in [0.2, 0.25) is 0 Å². The summed E-state index contributed by atoms with van der Waals surface area (Å²) in [5, 5.41) is 11.6. The maximum absolute atomic E-state index is 4.32. The highest BCUT2D eigenvalue weighted by molar-refractivity contribution is 7.99. The van der Waals surface area contributed by atoms with Crippen molar-refractivity contribution in [3.8, 4) is 0 Å². The van der Waals surface area contributed by atoms with Gasteiger partial charge >= 0.3 is 0 Å². The Labute approximate surface area is 114 Å². The van der Waals surface area contributed by atoms with Crippen LogP contribution in [0.15, 0.2) is 5.16 Å². The molecule has 2 atom stereocenters. The van der Waals surface area contributed by atoms with Crippen molar-refractivity contribution in [3.63, 3.8) is 0 Å². The molecule has 1 aromatic rings. The van der Waals surface area contributed by atoms with Crippen LogP contribution in [-0.2, 0) is 0 Å². The van der Waals surface area contributed by atoms with Crippen LogP contribution in [0, 0.1) is 12.8 Å². The molecule has 2 rings (SSSR count). The maximum Gasteiger partial charge on any atom is 0.208 e. The SMILES string of the molecule is CCCNC1CCCC1CCSc1n[nH]c(C)n1. The van der Waals surface area contributed by atoms with E-state index in [1.807, 2.05) is 6.92 Å². The van der Waals surface area contributed by atoms with Crippen LogP contribution in [0.25, 0.3) is 0 Å². The van der Waals surface area contributed by atoms with Crippen molar-refractivity contribution < 1.29 is 0 Å². The van der Waals surface area contributed by atoms with Gasteiger partial charge in [0.1, 0.15) is 5.82 Å². The van der Waals surface area contributed by atoms with Gasteiger partial charge in [-0.05, 0) is 45.1 Å². The fourth-order valence-electron chi connectivity index (χ4n) is 2.67. The number of nitrogens with zero attached hydrogens (tertiary/aromatic N) is 2. The number of hydrogen-bond acceptors (Lipinski definition) is 4. The molecule has 102 valence electrons. The summed E-state index contributed by atoms with van der Waals surface area (Å²) in [5.41, 5.74) is 0. The third-order valence-electron chi connectivity index (χ3n) is 3.61. The van der Waals surface area contributed by atoms with Crippen LogP contribution < -0.4 is 5.32 Å². The van der Waals surface area contributed by atoms with Gasteiger partial charge in [-0.2, -0.15) is 0 Å². The Morgan fingerprint density at radius 1 is 1.44 bits per heavy atom. The van der Waals surface area contributed by atoms with E-state index in [-0.39, 0.29) is 0 Å². The van der Waals surface area contributed by atoms with Crippen LogP contribution >= 0.6 is 11.8 Å². The van der Waals surface area contributed by atoms with Crippen molar-refractivity contribution in [3.05, 3.63) is 5.82 Å². The lowest BCUT2D eigenvalue weighted by atomic mass is 10.0. The summed E-state index contributed by atoms with van der Waals surface area (Å²) in [6, 6.07) is 0.749. The lowest BCUT2D eigenvalue weighted by molar-refractivity contribution is 0.393. The number of hydrogen-bond donors (Lipinski definition) is 2. The molecule has 1 fully saturated rings. The monoisotopic (exact) mass is 268 g/mol. The molecule has 2 unspecified atom stereocenters. The van der Waals surface area contributed by atoms with Gasteiger partial charge in [0.15, 0.2) is 0 Å². The van der Waals surface area contributed by atoms with Crippen LogP contribution in [0.5, 0.6) is 0 Å². The molecule has 5 heteroatoms. The quantitative estimate of drug-likeness (QED) is 0.747. The molecule has 18 heavy (non-hydrogen) atoms. The molecule has 0 aromatic carbocycles. The second-order valence-electron chi connectivity index (χ2n) is 5.09. The molecule has 4 nitrogen and oxygen atoms in total. The van der Waals surface area contributed by atoms with Crippen molar-refractivity contribution in [1.29, 1.82) is 0 Å². The molecule has 1 saturated carbocycles. The molecule has 1 heterocycles. The Morgan fingerprint density at radius 2 is 2.33 bits per heavy atom. The summed E-state index contributed by atoms with van der Waals surface area (Å²) in [6.45, 7) is 5.34. The maximum atomic E-state index is 4.32. The summed E-state index contributed by atoms with van der Waals surface area (Å²) < 4.78 is 0. The first kappa shape index (κ1) is 13.9. The first-order valence-electron chi connectivity index (χ1n) is 7.04. The summed E-state index contributed by atoms with van der Waals surface area (Å²) in [5.74, 6) is 2.89. The van der Waals surface area contributed by atoms with Gasteiger partial charge in [-0.1, -0.05) is 25.1 Å². The minimum Gasteiger partial charge on any atom is -0.314 e. The molecule has 0 bridgehead atoms. The van der Waals surface area contributed by atoms with E-state index >= 15 is 0 Å². The highest BCUT2D eigenvalue weighted by Crippen LogP contribution is 2.30. The van der Waals surface area contributed by atoms with Gasteiger partial charge in [-0.3, -0.25) is 5.10 Å². The van der Waals surface area contributed by atoms with E-state index in [0.29, 0.717) is 0 Å². The number of H-pyrrole nitrogens is 1. The third kappa shape index (κ3) is 3.99. The Bertz CT molecular complexity index is 353. The van der Waals surface area contributed by atoms with Gasteiger partial charge in [0, 0.05) is 11.8 Å². The Morgan fingerprint density at radius 3 is 3.06 bits per heavy atom. The van der Waals surface area contributed by atoms with Crippen molar-refractivity contribution in [2.24, 2.45) is 5.92 Å². The smallest absolute Gasteiger partial charge is 0.208 e. The molecular weight excluding hydrogens is 244 g/mol.